The first-order chi connectivity index (χ1) is 15.4. The number of H-pyrrole nitrogens is 1. The van der Waals surface area contributed by atoms with Crippen molar-refractivity contribution in [3.05, 3.63) is 65.3 Å². The van der Waals surface area contributed by atoms with Crippen LogP contribution in [0.25, 0.3) is 10.9 Å². The monoisotopic (exact) mass is 453 g/mol. The van der Waals surface area contributed by atoms with E-state index in [9.17, 15) is 14.4 Å². The van der Waals surface area contributed by atoms with Crippen LogP contribution in [0, 0.1) is 0 Å². The van der Waals surface area contributed by atoms with Gasteiger partial charge in [0.05, 0.1) is 0 Å². The Morgan fingerprint density at radius 3 is 2.31 bits per heavy atom. The maximum atomic E-state index is 12.8. The van der Waals surface area contributed by atoms with E-state index in [4.69, 9.17) is 11.6 Å². The van der Waals surface area contributed by atoms with E-state index < -0.39 is 6.04 Å². The second kappa shape index (κ2) is 9.32. The Labute approximate surface area is 190 Å². The second-order valence-corrected chi connectivity index (χ2v) is 8.15. The van der Waals surface area contributed by atoms with Crippen molar-refractivity contribution >= 4 is 46.0 Å². The summed E-state index contributed by atoms with van der Waals surface area (Å²) in [4.78, 5) is 44.2. The zero-order chi connectivity index (χ0) is 22.7. The number of amides is 4. The van der Waals surface area contributed by atoms with Crippen molar-refractivity contribution in [1.82, 2.24) is 20.1 Å². The molecular formula is C23H24ClN5O3. The number of aromatic amines is 1. The first-order valence-corrected chi connectivity index (χ1v) is 10.8. The minimum absolute atomic E-state index is 0.0861. The number of piperazine rings is 1. The molecule has 0 aliphatic carbocycles. The number of anilines is 1. The van der Waals surface area contributed by atoms with Gasteiger partial charge >= 0.3 is 6.03 Å². The van der Waals surface area contributed by atoms with Gasteiger partial charge in [0.25, 0.3) is 5.91 Å². The van der Waals surface area contributed by atoms with Gasteiger partial charge in [0.1, 0.15) is 11.7 Å². The van der Waals surface area contributed by atoms with Crippen LogP contribution in [0.4, 0.5) is 10.5 Å². The Hall–Kier alpha value is -3.52. The summed E-state index contributed by atoms with van der Waals surface area (Å²) in [6.07, 6.45) is 0. The molecule has 1 aliphatic heterocycles. The van der Waals surface area contributed by atoms with E-state index >= 15 is 0 Å². The van der Waals surface area contributed by atoms with Crippen LogP contribution in [-0.2, 0) is 4.79 Å². The van der Waals surface area contributed by atoms with Gasteiger partial charge in [-0.05, 0) is 43.3 Å². The van der Waals surface area contributed by atoms with Gasteiger partial charge in [0.15, 0.2) is 0 Å². The van der Waals surface area contributed by atoms with Crippen LogP contribution in [0.2, 0.25) is 5.02 Å². The van der Waals surface area contributed by atoms with E-state index in [0.717, 1.165) is 10.9 Å². The molecule has 1 atom stereocenters. The van der Waals surface area contributed by atoms with E-state index in [0.29, 0.717) is 42.6 Å². The molecule has 9 heteroatoms. The van der Waals surface area contributed by atoms with Crippen LogP contribution in [0.5, 0.6) is 0 Å². The Morgan fingerprint density at radius 1 is 0.969 bits per heavy atom. The van der Waals surface area contributed by atoms with E-state index in [2.05, 4.69) is 15.6 Å². The minimum Gasteiger partial charge on any atom is -0.351 e. The highest BCUT2D eigenvalue weighted by atomic mass is 35.5. The Bertz CT molecular complexity index is 1100. The summed E-state index contributed by atoms with van der Waals surface area (Å²) in [5.74, 6) is -0.412. The number of nitrogens with one attached hydrogen (secondary N) is 3. The third-order valence-electron chi connectivity index (χ3n) is 5.46. The molecule has 3 aromatic rings. The van der Waals surface area contributed by atoms with Gasteiger partial charge in [-0.25, -0.2) is 4.79 Å². The van der Waals surface area contributed by atoms with Gasteiger partial charge in [-0.1, -0.05) is 29.8 Å². The summed E-state index contributed by atoms with van der Waals surface area (Å²) in [6, 6.07) is 15.3. The lowest BCUT2D eigenvalue weighted by Gasteiger charge is -2.35. The first-order valence-electron chi connectivity index (χ1n) is 10.4. The Morgan fingerprint density at radius 2 is 1.62 bits per heavy atom. The summed E-state index contributed by atoms with van der Waals surface area (Å²) in [5.41, 5.74) is 2.06. The Balaban J connectivity index is 1.27. The molecule has 4 rings (SSSR count). The lowest BCUT2D eigenvalue weighted by Crippen LogP contribution is -2.55. The van der Waals surface area contributed by atoms with E-state index in [1.54, 1.807) is 41.0 Å². The molecule has 166 valence electrons. The topological polar surface area (TPSA) is 97.5 Å². The number of carbonyl (C=O) groups is 3. The highest BCUT2D eigenvalue weighted by molar-refractivity contribution is 6.30. The SMILES string of the molecule is C[C@H](NC(=O)N1CCN(C(=O)c2cc3ccccc3[nH]2)CC1)C(=O)Nc1ccc(Cl)cc1. The van der Waals surface area contributed by atoms with Crippen molar-refractivity contribution in [1.29, 1.82) is 0 Å². The number of aromatic nitrogens is 1. The van der Waals surface area contributed by atoms with Crippen molar-refractivity contribution in [3.8, 4) is 0 Å². The number of para-hydroxylation sites is 1. The van der Waals surface area contributed by atoms with Crippen LogP contribution < -0.4 is 10.6 Å². The number of hydrogen-bond donors (Lipinski definition) is 3. The predicted octanol–water partition coefficient (Wildman–Crippen LogP) is 3.32. The van der Waals surface area contributed by atoms with Crippen LogP contribution in [0.15, 0.2) is 54.6 Å². The number of rotatable bonds is 4. The highest BCUT2D eigenvalue weighted by Gasteiger charge is 2.27. The largest absolute Gasteiger partial charge is 0.351 e. The molecule has 0 unspecified atom stereocenters. The van der Waals surface area contributed by atoms with Gasteiger partial charge in [0.2, 0.25) is 5.91 Å². The molecule has 1 saturated heterocycles. The molecule has 4 amide bonds. The van der Waals surface area contributed by atoms with Gasteiger partial charge in [0, 0.05) is 47.8 Å². The van der Waals surface area contributed by atoms with Crippen molar-refractivity contribution in [2.45, 2.75) is 13.0 Å². The predicted molar refractivity (Wildman–Crippen MR) is 124 cm³/mol. The fraction of sp³-hybridized carbons (Fsp3) is 0.261. The molecule has 32 heavy (non-hydrogen) atoms. The summed E-state index contributed by atoms with van der Waals surface area (Å²) in [7, 11) is 0. The van der Waals surface area contributed by atoms with Crippen molar-refractivity contribution in [3.63, 3.8) is 0 Å². The quantitative estimate of drug-likeness (QED) is 0.565. The molecule has 8 nitrogen and oxygen atoms in total. The average molecular weight is 454 g/mol. The van der Waals surface area contributed by atoms with Crippen molar-refractivity contribution in [2.24, 2.45) is 0 Å². The molecule has 1 fully saturated rings. The fourth-order valence-corrected chi connectivity index (χ4v) is 3.72. The maximum absolute atomic E-state index is 12.8. The lowest BCUT2D eigenvalue weighted by molar-refractivity contribution is -0.117. The first kappa shape index (κ1) is 21.7. The summed E-state index contributed by atoms with van der Waals surface area (Å²) in [6.45, 7) is 3.26. The molecule has 3 N–H and O–H groups in total. The number of benzene rings is 2. The normalized spacial score (nSPS) is 14.8. The molecule has 0 spiro atoms. The number of urea groups is 1. The van der Waals surface area contributed by atoms with Gasteiger partial charge in [-0.2, -0.15) is 0 Å². The second-order valence-electron chi connectivity index (χ2n) is 7.72. The molecule has 2 aromatic carbocycles. The zero-order valence-corrected chi connectivity index (χ0v) is 18.4. The Kier molecular flexibility index (Phi) is 6.32. The van der Waals surface area contributed by atoms with Crippen LogP contribution >= 0.6 is 11.6 Å². The number of fused-ring (bicyclic) bond motifs is 1. The van der Waals surface area contributed by atoms with E-state index in [1.807, 2.05) is 30.3 Å². The highest BCUT2D eigenvalue weighted by Crippen LogP contribution is 2.17. The number of halogens is 1. The number of nitrogens with zero attached hydrogens (tertiary/aromatic N) is 2. The number of carbonyl (C=O) groups excluding carboxylic acids is 3. The molecule has 1 aromatic heterocycles. The smallest absolute Gasteiger partial charge is 0.318 e. The summed E-state index contributed by atoms with van der Waals surface area (Å²) in [5, 5.41) is 7.02. The van der Waals surface area contributed by atoms with E-state index in [-0.39, 0.29) is 17.8 Å². The van der Waals surface area contributed by atoms with Gasteiger partial charge < -0.3 is 25.4 Å². The molecule has 0 bridgehead atoms. The summed E-state index contributed by atoms with van der Waals surface area (Å²) >= 11 is 5.85. The van der Waals surface area contributed by atoms with Crippen LogP contribution in [0.3, 0.4) is 0 Å². The third-order valence-corrected chi connectivity index (χ3v) is 5.71. The molecule has 0 radical (unpaired) electrons. The van der Waals surface area contributed by atoms with Crippen molar-refractivity contribution in [2.75, 3.05) is 31.5 Å². The maximum Gasteiger partial charge on any atom is 0.318 e. The van der Waals surface area contributed by atoms with Gasteiger partial charge in [-0.15, -0.1) is 0 Å². The lowest BCUT2D eigenvalue weighted by atomic mass is 10.2. The zero-order valence-electron chi connectivity index (χ0n) is 17.6. The van der Waals surface area contributed by atoms with E-state index in [1.165, 1.54) is 0 Å². The van der Waals surface area contributed by atoms with Crippen molar-refractivity contribution < 1.29 is 14.4 Å². The fourth-order valence-electron chi connectivity index (χ4n) is 3.60. The van der Waals surface area contributed by atoms with Crippen LogP contribution in [0.1, 0.15) is 17.4 Å². The third kappa shape index (κ3) is 4.86. The standard InChI is InChI=1S/C23H24ClN5O3/c1-15(21(30)26-18-8-6-17(24)7-9-18)25-23(32)29-12-10-28(11-13-29)22(31)20-14-16-4-2-3-5-19(16)27-20/h2-9,14-15,27H,10-13H2,1H3,(H,25,32)(H,26,30)/t15-/m0/s1. The summed E-state index contributed by atoms with van der Waals surface area (Å²) < 4.78 is 0. The molecular weight excluding hydrogens is 430 g/mol. The average Bonchev–Trinajstić information content (AvgIpc) is 3.24. The molecule has 1 aliphatic rings. The minimum atomic E-state index is -0.718. The number of hydrogen-bond acceptors (Lipinski definition) is 3. The van der Waals surface area contributed by atoms with Gasteiger partial charge in [-0.3, -0.25) is 9.59 Å². The van der Waals surface area contributed by atoms with Crippen LogP contribution in [-0.4, -0.2) is 64.9 Å². The molecule has 0 saturated carbocycles. The molecule has 2 heterocycles.